The van der Waals surface area contributed by atoms with E-state index in [0.717, 1.165) is 0 Å². The van der Waals surface area contributed by atoms with E-state index in [4.69, 9.17) is 16.3 Å². The molecular weight excluding hydrogens is 462 g/mol. The molecule has 0 aromatic heterocycles. The lowest BCUT2D eigenvalue weighted by molar-refractivity contribution is -0.384. The highest BCUT2D eigenvalue weighted by atomic mass is 35.5. The van der Waals surface area contributed by atoms with Gasteiger partial charge in [-0.2, -0.15) is 5.10 Å². The van der Waals surface area contributed by atoms with Crippen molar-refractivity contribution in [3.8, 4) is 0 Å². The number of halogens is 1. The van der Waals surface area contributed by atoms with Crippen molar-refractivity contribution in [3.63, 3.8) is 0 Å². The second-order valence-electron chi connectivity index (χ2n) is 8.04. The summed E-state index contributed by atoms with van der Waals surface area (Å²) in [5, 5.41) is 18.6. The quantitative estimate of drug-likeness (QED) is 0.335. The third-order valence-corrected chi connectivity index (χ3v) is 5.49. The summed E-state index contributed by atoms with van der Waals surface area (Å²) in [6.07, 6.45) is 1.32. The Morgan fingerprint density at radius 1 is 1.21 bits per heavy atom. The molecule has 0 bridgehead atoms. The van der Waals surface area contributed by atoms with E-state index in [1.54, 1.807) is 44.2 Å². The van der Waals surface area contributed by atoms with E-state index >= 15 is 0 Å². The molecule has 180 valence electrons. The Bertz CT molecular complexity index is 1090. The van der Waals surface area contributed by atoms with Gasteiger partial charge < -0.3 is 15.0 Å². The summed E-state index contributed by atoms with van der Waals surface area (Å²) >= 11 is 5.93. The summed E-state index contributed by atoms with van der Waals surface area (Å²) in [6, 6.07) is 10.3. The number of carbonyl (C=O) groups excluding carboxylic acids is 2. The van der Waals surface area contributed by atoms with Gasteiger partial charge in [-0.05, 0) is 30.2 Å². The summed E-state index contributed by atoms with van der Waals surface area (Å²) in [7, 11) is 0. The Kier molecular flexibility index (Phi) is 8.55. The standard InChI is InChI=1S/C23H26ClN5O5/c1-15(2)21(26-22(30)17-4-3-5-18(24)13-17)23(31)27-25-14-16-6-7-19(20(12-16)29(32)33)28-8-10-34-11-9-28/h3-7,12-15,21H,8-11H2,1-2H3,(H,26,30)(H,27,31)/b25-14-. The molecule has 1 aliphatic rings. The molecule has 1 saturated heterocycles. The highest BCUT2D eigenvalue weighted by Crippen LogP contribution is 2.29. The van der Waals surface area contributed by atoms with Gasteiger partial charge in [-0.15, -0.1) is 0 Å². The Labute approximate surface area is 202 Å². The lowest BCUT2D eigenvalue weighted by atomic mass is 10.0. The number of hydrogen-bond acceptors (Lipinski definition) is 7. The van der Waals surface area contributed by atoms with Crippen LogP contribution in [-0.4, -0.2) is 55.3 Å². The van der Waals surface area contributed by atoms with Crippen LogP contribution >= 0.6 is 11.6 Å². The van der Waals surface area contributed by atoms with Gasteiger partial charge in [0, 0.05) is 35.3 Å². The molecule has 1 unspecified atom stereocenters. The first-order chi connectivity index (χ1) is 16.3. The zero-order valence-corrected chi connectivity index (χ0v) is 19.6. The number of nitro benzene ring substituents is 1. The normalized spacial score (nSPS) is 14.8. The minimum atomic E-state index is -0.846. The van der Waals surface area contributed by atoms with E-state index in [1.165, 1.54) is 18.3 Å². The molecule has 1 atom stereocenters. The van der Waals surface area contributed by atoms with Gasteiger partial charge in [0.05, 0.1) is 24.4 Å². The molecule has 3 rings (SSSR count). The van der Waals surface area contributed by atoms with Gasteiger partial charge in [-0.25, -0.2) is 5.43 Å². The first kappa shape index (κ1) is 25.1. The molecule has 1 aliphatic heterocycles. The third kappa shape index (κ3) is 6.52. The summed E-state index contributed by atoms with van der Waals surface area (Å²) in [5.74, 6) is -1.16. The molecule has 2 amide bonds. The van der Waals surface area contributed by atoms with E-state index in [9.17, 15) is 19.7 Å². The fourth-order valence-electron chi connectivity index (χ4n) is 3.47. The van der Waals surface area contributed by atoms with Crippen molar-refractivity contribution in [1.29, 1.82) is 0 Å². The van der Waals surface area contributed by atoms with Crippen molar-refractivity contribution >= 4 is 41.0 Å². The lowest BCUT2D eigenvalue weighted by Gasteiger charge is -2.28. The minimum Gasteiger partial charge on any atom is -0.378 e. The van der Waals surface area contributed by atoms with Crippen LogP contribution in [0.25, 0.3) is 0 Å². The van der Waals surface area contributed by atoms with Crippen LogP contribution in [0.4, 0.5) is 11.4 Å². The fourth-order valence-corrected chi connectivity index (χ4v) is 3.66. The topological polar surface area (TPSA) is 126 Å². The van der Waals surface area contributed by atoms with Crippen molar-refractivity contribution in [2.24, 2.45) is 11.0 Å². The maximum Gasteiger partial charge on any atom is 0.293 e. The number of rotatable bonds is 8. The molecule has 11 heteroatoms. The Hall–Kier alpha value is -3.50. The maximum atomic E-state index is 12.7. The van der Waals surface area contributed by atoms with Gasteiger partial charge in [0.2, 0.25) is 0 Å². The number of nitro groups is 1. The van der Waals surface area contributed by atoms with Crippen LogP contribution in [0.3, 0.4) is 0 Å². The van der Waals surface area contributed by atoms with Crippen LogP contribution in [0.15, 0.2) is 47.6 Å². The van der Waals surface area contributed by atoms with E-state index < -0.39 is 22.8 Å². The van der Waals surface area contributed by atoms with Crippen molar-refractivity contribution in [3.05, 3.63) is 68.7 Å². The summed E-state index contributed by atoms with van der Waals surface area (Å²) in [4.78, 5) is 38.2. The van der Waals surface area contributed by atoms with E-state index in [2.05, 4.69) is 15.8 Å². The Balaban J connectivity index is 1.67. The van der Waals surface area contributed by atoms with E-state index in [1.807, 2.05) is 4.90 Å². The smallest absolute Gasteiger partial charge is 0.293 e. The number of carbonyl (C=O) groups is 2. The molecule has 2 aromatic carbocycles. The highest BCUT2D eigenvalue weighted by Gasteiger charge is 2.25. The molecule has 2 aromatic rings. The molecule has 0 spiro atoms. The number of anilines is 1. The number of hydrazone groups is 1. The maximum absolute atomic E-state index is 12.7. The molecule has 2 N–H and O–H groups in total. The molecule has 10 nitrogen and oxygen atoms in total. The van der Waals surface area contributed by atoms with Crippen LogP contribution in [0.1, 0.15) is 29.8 Å². The van der Waals surface area contributed by atoms with Crippen LogP contribution in [-0.2, 0) is 9.53 Å². The van der Waals surface area contributed by atoms with Gasteiger partial charge >= 0.3 is 0 Å². The van der Waals surface area contributed by atoms with Gasteiger partial charge in [-0.3, -0.25) is 19.7 Å². The molecular formula is C23H26ClN5O5. The average Bonchev–Trinajstić information content (AvgIpc) is 2.82. The Morgan fingerprint density at radius 3 is 2.59 bits per heavy atom. The number of amides is 2. The monoisotopic (exact) mass is 487 g/mol. The van der Waals surface area contributed by atoms with Gasteiger partial charge in [0.15, 0.2) is 0 Å². The third-order valence-electron chi connectivity index (χ3n) is 5.26. The summed E-state index contributed by atoms with van der Waals surface area (Å²) in [5.41, 5.74) is 3.65. The van der Waals surface area contributed by atoms with Crippen molar-refractivity contribution in [2.45, 2.75) is 19.9 Å². The molecule has 0 saturated carbocycles. The number of nitrogens with one attached hydrogen (secondary N) is 2. The fraction of sp³-hybridized carbons (Fsp3) is 0.348. The summed E-state index contributed by atoms with van der Waals surface area (Å²) < 4.78 is 5.31. The molecule has 1 heterocycles. The van der Waals surface area contributed by atoms with Crippen molar-refractivity contribution in [2.75, 3.05) is 31.2 Å². The van der Waals surface area contributed by atoms with Crippen molar-refractivity contribution in [1.82, 2.24) is 10.7 Å². The predicted molar refractivity (Wildman–Crippen MR) is 129 cm³/mol. The largest absolute Gasteiger partial charge is 0.378 e. The SMILES string of the molecule is CC(C)C(NC(=O)c1cccc(Cl)c1)C(=O)N/N=C\c1ccc(N2CCOCC2)c([N+](=O)[O-])c1. The van der Waals surface area contributed by atoms with E-state index in [0.29, 0.717) is 48.1 Å². The second-order valence-corrected chi connectivity index (χ2v) is 8.48. The molecule has 1 fully saturated rings. The number of nitrogens with zero attached hydrogens (tertiary/aromatic N) is 3. The summed E-state index contributed by atoms with van der Waals surface area (Å²) in [6.45, 7) is 5.75. The van der Waals surface area contributed by atoms with Gasteiger partial charge in [0.1, 0.15) is 11.7 Å². The number of benzene rings is 2. The molecule has 0 radical (unpaired) electrons. The predicted octanol–water partition coefficient (Wildman–Crippen LogP) is 2.99. The number of hydrogen-bond donors (Lipinski definition) is 2. The lowest BCUT2D eigenvalue weighted by Crippen LogP contribution is -2.48. The van der Waals surface area contributed by atoms with Crippen molar-refractivity contribution < 1.29 is 19.2 Å². The van der Waals surface area contributed by atoms with Crippen LogP contribution in [0.5, 0.6) is 0 Å². The van der Waals surface area contributed by atoms with Crippen LogP contribution < -0.4 is 15.6 Å². The average molecular weight is 488 g/mol. The second kappa shape index (κ2) is 11.6. The van der Waals surface area contributed by atoms with Gasteiger partial charge in [0.25, 0.3) is 17.5 Å². The number of morpholine rings is 1. The first-order valence-electron chi connectivity index (χ1n) is 10.8. The Morgan fingerprint density at radius 2 is 1.94 bits per heavy atom. The first-order valence-corrected chi connectivity index (χ1v) is 11.1. The van der Waals surface area contributed by atoms with Crippen LogP contribution in [0.2, 0.25) is 5.02 Å². The van der Waals surface area contributed by atoms with Gasteiger partial charge in [-0.1, -0.05) is 37.6 Å². The zero-order valence-electron chi connectivity index (χ0n) is 18.9. The molecule has 34 heavy (non-hydrogen) atoms. The van der Waals surface area contributed by atoms with Crippen LogP contribution in [0, 0.1) is 16.0 Å². The molecule has 0 aliphatic carbocycles. The minimum absolute atomic E-state index is 0.0500. The number of ether oxygens (including phenoxy) is 1. The highest BCUT2D eigenvalue weighted by molar-refractivity contribution is 6.31. The zero-order chi connectivity index (χ0) is 24.7. The van der Waals surface area contributed by atoms with E-state index in [-0.39, 0.29) is 11.6 Å².